The summed E-state index contributed by atoms with van der Waals surface area (Å²) >= 11 is 0. The number of H-pyrrole nitrogens is 1. The number of ketones is 1. The Balaban J connectivity index is 2.86. The van der Waals surface area contributed by atoms with Gasteiger partial charge in [0.05, 0.1) is 7.11 Å². The minimum atomic E-state index is -0.275. The second kappa shape index (κ2) is 3.81. The van der Waals surface area contributed by atoms with E-state index in [9.17, 15) is 9.59 Å². The van der Waals surface area contributed by atoms with Gasteiger partial charge < -0.3 is 9.72 Å². The highest BCUT2D eigenvalue weighted by Gasteiger charge is 2.08. The van der Waals surface area contributed by atoms with E-state index in [-0.39, 0.29) is 11.3 Å². The number of fused-ring (bicyclic) bond motifs is 1. The summed E-state index contributed by atoms with van der Waals surface area (Å²) in [5, 5.41) is 0.700. The zero-order valence-corrected chi connectivity index (χ0v) is 9.03. The molecule has 16 heavy (non-hydrogen) atoms. The van der Waals surface area contributed by atoms with E-state index in [1.54, 1.807) is 25.3 Å². The van der Waals surface area contributed by atoms with E-state index in [0.717, 1.165) is 0 Å². The summed E-state index contributed by atoms with van der Waals surface area (Å²) in [5.41, 5.74) is 0.777. The lowest BCUT2D eigenvalue weighted by molar-refractivity contribution is 0.101. The number of nitrogens with one attached hydrogen (secondary N) is 1. The largest absolute Gasteiger partial charge is 0.497 e. The minimum absolute atomic E-state index is 0.135. The highest BCUT2D eigenvalue weighted by Crippen LogP contribution is 2.21. The van der Waals surface area contributed by atoms with Gasteiger partial charge in [-0.1, -0.05) is 0 Å². The van der Waals surface area contributed by atoms with Gasteiger partial charge in [-0.25, -0.2) is 0 Å². The Morgan fingerprint density at radius 3 is 2.69 bits per heavy atom. The van der Waals surface area contributed by atoms with Crippen LogP contribution in [0.3, 0.4) is 0 Å². The van der Waals surface area contributed by atoms with Gasteiger partial charge in [0.15, 0.2) is 5.78 Å². The number of benzene rings is 1. The van der Waals surface area contributed by atoms with Gasteiger partial charge in [-0.2, -0.15) is 0 Å². The van der Waals surface area contributed by atoms with Gasteiger partial charge >= 0.3 is 0 Å². The van der Waals surface area contributed by atoms with Crippen molar-refractivity contribution in [1.82, 2.24) is 4.98 Å². The molecule has 4 heteroatoms. The normalized spacial score (nSPS) is 10.4. The summed E-state index contributed by atoms with van der Waals surface area (Å²) in [6, 6.07) is 6.51. The van der Waals surface area contributed by atoms with Crippen LogP contribution in [0.1, 0.15) is 17.3 Å². The molecule has 1 N–H and O–H groups in total. The molecule has 0 atom stereocenters. The average molecular weight is 217 g/mol. The molecule has 1 aromatic heterocycles. The molecule has 0 saturated carbocycles. The van der Waals surface area contributed by atoms with E-state index in [0.29, 0.717) is 22.2 Å². The molecule has 0 aliphatic carbocycles. The van der Waals surface area contributed by atoms with Crippen LogP contribution in [-0.2, 0) is 0 Å². The molecule has 0 aliphatic rings. The number of rotatable bonds is 2. The van der Waals surface area contributed by atoms with Crippen LogP contribution in [0.25, 0.3) is 10.9 Å². The summed E-state index contributed by atoms with van der Waals surface area (Å²) in [4.78, 5) is 25.4. The first-order valence-corrected chi connectivity index (χ1v) is 4.84. The van der Waals surface area contributed by atoms with Gasteiger partial charge in [0, 0.05) is 22.5 Å². The Bertz CT molecular complexity index is 613. The summed E-state index contributed by atoms with van der Waals surface area (Å²) in [6.07, 6.45) is 0. The summed E-state index contributed by atoms with van der Waals surface area (Å²) in [7, 11) is 1.56. The van der Waals surface area contributed by atoms with E-state index in [4.69, 9.17) is 4.74 Å². The number of hydrogen-bond donors (Lipinski definition) is 1. The van der Waals surface area contributed by atoms with Crippen molar-refractivity contribution in [3.05, 3.63) is 40.2 Å². The number of aromatic amines is 1. The Hall–Kier alpha value is -2.10. The maximum Gasteiger partial charge on any atom is 0.249 e. The third-order valence-electron chi connectivity index (χ3n) is 2.43. The van der Waals surface area contributed by atoms with Crippen molar-refractivity contribution in [2.75, 3.05) is 7.11 Å². The highest BCUT2D eigenvalue weighted by molar-refractivity contribution is 6.06. The van der Waals surface area contributed by atoms with Crippen LogP contribution in [0, 0.1) is 0 Å². The lowest BCUT2D eigenvalue weighted by Gasteiger charge is -2.05. The van der Waals surface area contributed by atoms with Crippen molar-refractivity contribution >= 4 is 16.7 Å². The van der Waals surface area contributed by atoms with E-state index in [2.05, 4.69) is 4.98 Å². The maximum absolute atomic E-state index is 11.4. The number of carbonyl (C=O) groups excluding carboxylic acids is 1. The second-order valence-corrected chi connectivity index (χ2v) is 3.51. The second-order valence-electron chi connectivity index (χ2n) is 3.51. The number of pyridine rings is 1. The number of hydrogen-bond acceptors (Lipinski definition) is 3. The van der Waals surface area contributed by atoms with Crippen LogP contribution in [0.2, 0.25) is 0 Å². The molecule has 1 heterocycles. The summed E-state index contributed by atoms with van der Waals surface area (Å²) < 4.78 is 5.08. The molecule has 0 spiro atoms. The number of carbonyl (C=O) groups is 1. The number of ether oxygens (including phenoxy) is 1. The number of Topliss-reactive ketones (excluding diaryl/α,β-unsaturated/α-hetero) is 1. The molecule has 0 radical (unpaired) electrons. The predicted molar refractivity (Wildman–Crippen MR) is 61.1 cm³/mol. The maximum atomic E-state index is 11.4. The van der Waals surface area contributed by atoms with E-state index >= 15 is 0 Å². The van der Waals surface area contributed by atoms with Crippen molar-refractivity contribution in [2.24, 2.45) is 0 Å². The minimum Gasteiger partial charge on any atom is -0.497 e. The first kappa shape index (κ1) is 10.4. The Labute approximate surface area is 91.9 Å². The van der Waals surface area contributed by atoms with Gasteiger partial charge in [-0.3, -0.25) is 9.59 Å². The van der Waals surface area contributed by atoms with Crippen LogP contribution in [0.5, 0.6) is 5.75 Å². The van der Waals surface area contributed by atoms with Crippen molar-refractivity contribution in [3.8, 4) is 5.75 Å². The smallest absolute Gasteiger partial charge is 0.249 e. The van der Waals surface area contributed by atoms with Crippen molar-refractivity contribution in [3.63, 3.8) is 0 Å². The van der Waals surface area contributed by atoms with Crippen molar-refractivity contribution in [2.45, 2.75) is 6.92 Å². The molecule has 0 aliphatic heterocycles. The van der Waals surface area contributed by atoms with Crippen LogP contribution < -0.4 is 10.3 Å². The quantitative estimate of drug-likeness (QED) is 0.779. The van der Waals surface area contributed by atoms with Crippen molar-refractivity contribution < 1.29 is 9.53 Å². The molecule has 0 saturated heterocycles. The van der Waals surface area contributed by atoms with Gasteiger partial charge in [0.25, 0.3) is 0 Å². The van der Waals surface area contributed by atoms with E-state index in [1.807, 2.05) is 0 Å². The van der Waals surface area contributed by atoms with E-state index in [1.165, 1.54) is 13.0 Å². The highest BCUT2D eigenvalue weighted by atomic mass is 16.5. The standard InChI is InChI=1S/C12H11NO3/c1-7(14)9-6-12(15)13-11-4-3-8(16-2)5-10(9)11/h3-6H,1-2H3,(H,13,15). The van der Waals surface area contributed by atoms with Crippen molar-refractivity contribution in [1.29, 1.82) is 0 Å². The Morgan fingerprint density at radius 1 is 1.31 bits per heavy atom. The third kappa shape index (κ3) is 1.69. The van der Waals surface area contributed by atoms with Crippen LogP contribution >= 0.6 is 0 Å². The molecule has 1 aromatic carbocycles. The summed E-state index contributed by atoms with van der Waals surface area (Å²) in [5.74, 6) is 0.520. The fraction of sp³-hybridized carbons (Fsp3) is 0.167. The van der Waals surface area contributed by atoms with Crippen LogP contribution in [-0.4, -0.2) is 17.9 Å². The lowest BCUT2D eigenvalue weighted by atomic mass is 10.1. The molecule has 4 nitrogen and oxygen atoms in total. The molecule has 0 fully saturated rings. The average Bonchev–Trinajstić information content (AvgIpc) is 2.27. The third-order valence-corrected chi connectivity index (χ3v) is 2.43. The Morgan fingerprint density at radius 2 is 2.06 bits per heavy atom. The molecule has 0 unspecified atom stereocenters. The Kier molecular flexibility index (Phi) is 2.48. The molecule has 2 aromatic rings. The van der Waals surface area contributed by atoms with Crippen LogP contribution in [0.4, 0.5) is 0 Å². The number of methoxy groups -OCH3 is 1. The fourth-order valence-corrected chi connectivity index (χ4v) is 1.65. The molecule has 0 bridgehead atoms. The van der Waals surface area contributed by atoms with Crippen LogP contribution in [0.15, 0.2) is 29.1 Å². The number of aromatic nitrogens is 1. The monoisotopic (exact) mass is 217 g/mol. The first-order chi connectivity index (χ1) is 7.61. The van der Waals surface area contributed by atoms with Gasteiger partial charge in [-0.05, 0) is 25.1 Å². The molecule has 2 rings (SSSR count). The predicted octanol–water partition coefficient (Wildman–Crippen LogP) is 1.74. The fourth-order valence-electron chi connectivity index (χ4n) is 1.65. The molecular formula is C12H11NO3. The molecular weight excluding hydrogens is 206 g/mol. The zero-order valence-electron chi connectivity index (χ0n) is 9.03. The molecule has 0 amide bonds. The topological polar surface area (TPSA) is 59.2 Å². The first-order valence-electron chi connectivity index (χ1n) is 4.84. The van der Waals surface area contributed by atoms with E-state index < -0.39 is 0 Å². The SMILES string of the molecule is COc1ccc2[nH]c(=O)cc(C(C)=O)c2c1. The molecule has 82 valence electrons. The van der Waals surface area contributed by atoms with Gasteiger partial charge in [0.1, 0.15) is 5.75 Å². The lowest BCUT2D eigenvalue weighted by Crippen LogP contribution is -2.08. The van der Waals surface area contributed by atoms with Gasteiger partial charge in [0.2, 0.25) is 5.56 Å². The summed E-state index contributed by atoms with van der Waals surface area (Å²) in [6.45, 7) is 1.44. The van der Waals surface area contributed by atoms with Gasteiger partial charge in [-0.15, -0.1) is 0 Å². The zero-order chi connectivity index (χ0) is 11.7.